The fraction of sp³-hybridized carbons (Fsp3) is 0.581. The number of nitrogens with one attached hydrogen (secondary N) is 1. The van der Waals surface area contributed by atoms with Crippen molar-refractivity contribution in [3.05, 3.63) is 64.0 Å². The second-order valence-electron chi connectivity index (χ2n) is 12.1. The number of fused-ring (bicyclic) bond motifs is 1. The lowest BCUT2D eigenvalue weighted by molar-refractivity contribution is 0.147. The molecule has 1 unspecified atom stereocenters. The van der Waals surface area contributed by atoms with E-state index in [2.05, 4.69) is 102 Å². The van der Waals surface area contributed by atoms with Crippen molar-refractivity contribution in [2.45, 2.75) is 86.6 Å². The van der Waals surface area contributed by atoms with E-state index in [1.54, 1.807) is 0 Å². The molecule has 198 valence electrons. The van der Waals surface area contributed by atoms with Gasteiger partial charge in [0, 0.05) is 41.5 Å². The fourth-order valence-corrected chi connectivity index (χ4v) is 5.72. The van der Waals surface area contributed by atoms with Gasteiger partial charge in [-0.05, 0) is 105 Å². The van der Waals surface area contributed by atoms with Gasteiger partial charge in [0.2, 0.25) is 0 Å². The first-order chi connectivity index (χ1) is 16.8. The standard InChI is InChI=1S/C31H49N5/c1-20(2)17-21(3)22(4)18-33-26(8)29-25(7)30(36-28(29)12-11-23(5)34-36)24(6)27-13-15-35(16-14-27)19-31(9,10)32/h11-12,17,24,27,33H,8,13-16,18-19,32H2,1-7,9-10H3/b22-21+. The summed E-state index contributed by atoms with van der Waals surface area (Å²) in [6.45, 7) is 28.0. The van der Waals surface area contributed by atoms with Gasteiger partial charge in [-0.2, -0.15) is 5.10 Å². The Kier molecular flexibility index (Phi) is 8.89. The number of aromatic nitrogens is 2. The Bertz CT molecular complexity index is 1150. The third-order valence-corrected chi connectivity index (χ3v) is 7.66. The molecule has 0 saturated carbocycles. The lowest BCUT2D eigenvalue weighted by atomic mass is 9.82. The van der Waals surface area contributed by atoms with E-state index in [-0.39, 0.29) is 5.54 Å². The topological polar surface area (TPSA) is 58.6 Å². The van der Waals surface area contributed by atoms with E-state index in [4.69, 9.17) is 10.8 Å². The van der Waals surface area contributed by atoms with Crippen molar-refractivity contribution in [3.8, 4) is 0 Å². The van der Waals surface area contributed by atoms with Crippen LogP contribution in [0.2, 0.25) is 0 Å². The van der Waals surface area contributed by atoms with Crippen LogP contribution in [0.4, 0.5) is 0 Å². The maximum absolute atomic E-state index is 6.29. The third kappa shape index (κ3) is 6.68. The fourth-order valence-electron chi connectivity index (χ4n) is 5.72. The second kappa shape index (κ2) is 11.4. The Hall–Kier alpha value is -2.37. The molecule has 1 fully saturated rings. The number of piperidine rings is 1. The number of hydrogen-bond donors (Lipinski definition) is 2. The largest absolute Gasteiger partial charge is 0.381 e. The second-order valence-corrected chi connectivity index (χ2v) is 12.1. The normalized spacial score (nSPS) is 17.2. The van der Waals surface area contributed by atoms with Crippen LogP contribution in [0.3, 0.4) is 0 Å². The van der Waals surface area contributed by atoms with Crippen molar-refractivity contribution >= 4 is 11.2 Å². The minimum Gasteiger partial charge on any atom is -0.381 e. The van der Waals surface area contributed by atoms with Gasteiger partial charge in [0.05, 0.1) is 11.2 Å². The van der Waals surface area contributed by atoms with Crippen molar-refractivity contribution in [2.75, 3.05) is 26.2 Å². The molecule has 1 aliphatic rings. The molecule has 0 spiro atoms. The molecule has 1 saturated heterocycles. The molecule has 0 aromatic carbocycles. The van der Waals surface area contributed by atoms with Crippen LogP contribution < -0.4 is 11.1 Å². The maximum atomic E-state index is 6.29. The average Bonchev–Trinajstić information content (AvgIpc) is 3.06. The smallest absolute Gasteiger partial charge is 0.0745 e. The van der Waals surface area contributed by atoms with Gasteiger partial charge in [0.25, 0.3) is 0 Å². The first kappa shape index (κ1) is 28.2. The van der Waals surface area contributed by atoms with E-state index in [0.717, 1.165) is 43.1 Å². The summed E-state index contributed by atoms with van der Waals surface area (Å²) in [7, 11) is 0. The van der Waals surface area contributed by atoms with Crippen molar-refractivity contribution in [1.29, 1.82) is 0 Å². The van der Waals surface area contributed by atoms with E-state index in [1.165, 1.54) is 46.4 Å². The Labute approximate surface area is 219 Å². The molecule has 5 nitrogen and oxygen atoms in total. The first-order valence-electron chi connectivity index (χ1n) is 13.5. The highest BCUT2D eigenvalue weighted by Gasteiger charge is 2.31. The van der Waals surface area contributed by atoms with Crippen LogP contribution >= 0.6 is 0 Å². The Morgan fingerprint density at radius 3 is 2.42 bits per heavy atom. The highest BCUT2D eigenvalue weighted by Crippen LogP contribution is 2.38. The van der Waals surface area contributed by atoms with Gasteiger partial charge in [-0.15, -0.1) is 0 Å². The number of likely N-dealkylation sites (tertiary alicyclic amines) is 1. The maximum Gasteiger partial charge on any atom is 0.0745 e. The van der Waals surface area contributed by atoms with Gasteiger partial charge < -0.3 is 16.0 Å². The molecule has 0 amide bonds. The summed E-state index contributed by atoms with van der Waals surface area (Å²) < 4.78 is 2.20. The molecular formula is C31H49N5. The minimum atomic E-state index is -0.145. The summed E-state index contributed by atoms with van der Waals surface area (Å²) in [6, 6.07) is 4.31. The van der Waals surface area contributed by atoms with E-state index in [0.29, 0.717) is 11.8 Å². The van der Waals surface area contributed by atoms with Crippen molar-refractivity contribution < 1.29 is 0 Å². The van der Waals surface area contributed by atoms with Crippen molar-refractivity contribution in [2.24, 2.45) is 11.7 Å². The molecule has 3 N–H and O–H groups in total. The van der Waals surface area contributed by atoms with Crippen LogP contribution in [0.1, 0.15) is 89.7 Å². The van der Waals surface area contributed by atoms with Gasteiger partial charge in [0.1, 0.15) is 0 Å². The van der Waals surface area contributed by atoms with Crippen molar-refractivity contribution in [1.82, 2.24) is 19.8 Å². The molecule has 0 aliphatic carbocycles. The lowest BCUT2D eigenvalue weighted by Crippen LogP contribution is -2.48. The highest BCUT2D eigenvalue weighted by molar-refractivity contribution is 5.80. The quantitative estimate of drug-likeness (QED) is 0.400. The van der Waals surface area contributed by atoms with Crippen LogP contribution in [-0.4, -0.2) is 46.2 Å². The Morgan fingerprint density at radius 1 is 1.19 bits per heavy atom. The lowest BCUT2D eigenvalue weighted by Gasteiger charge is -2.37. The molecule has 3 rings (SSSR count). The summed E-state index contributed by atoms with van der Waals surface area (Å²) in [5, 5.41) is 8.60. The molecular weight excluding hydrogens is 442 g/mol. The molecule has 0 bridgehead atoms. The molecule has 1 aliphatic heterocycles. The summed E-state index contributed by atoms with van der Waals surface area (Å²) in [4.78, 5) is 2.53. The van der Waals surface area contributed by atoms with Crippen molar-refractivity contribution in [3.63, 3.8) is 0 Å². The van der Waals surface area contributed by atoms with Gasteiger partial charge in [-0.1, -0.05) is 36.3 Å². The van der Waals surface area contributed by atoms with E-state index >= 15 is 0 Å². The van der Waals surface area contributed by atoms with Crippen LogP contribution in [0, 0.1) is 19.8 Å². The predicted octanol–water partition coefficient (Wildman–Crippen LogP) is 6.37. The summed E-state index contributed by atoms with van der Waals surface area (Å²) in [6.07, 6.45) is 4.63. The third-order valence-electron chi connectivity index (χ3n) is 7.66. The molecule has 36 heavy (non-hydrogen) atoms. The average molecular weight is 492 g/mol. The monoisotopic (exact) mass is 491 g/mol. The first-order valence-corrected chi connectivity index (χ1v) is 13.5. The number of nitrogens with two attached hydrogens (primary N) is 1. The molecule has 3 heterocycles. The zero-order valence-electron chi connectivity index (χ0n) is 24.3. The number of allylic oxidation sites excluding steroid dienone is 3. The summed E-state index contributed by atoms with van der Waals surface area (Å²) in [5.41, 5.74) is 17.1. The number of hydrogen-bond acceptors (Lipinski definition) is 4. The molecule has 2 aromatic heterocycles. The summed E-state index contributed by atoms with van der Waals surface area (Å²) in [5.74, 6) is 1.05. The zero-order valence-corrected chi connectivity index (χ0v) is 24.3. The Morgan fingerprint density at radius 2 is 1.83 bits per heavy atom. The van der Waals surface area contributed by atoms with Gasteiger partial charge in [-0.25, -0.2) is 4.52 Å². The molecule has 0 radical (unpaired) electrons. The number of nitrogens with zero attached hydrogens (tertiary/aromatic N) is 3. The highest BCUT2D eigenvalue weighted by atomic mass is 15.2. The Balaban J connectivity index is 1.87. The van der Waals surface area contributed by atoms with Crippen LogP contribution in [0.15, 0.2) is 41.5 Å². The number of rotatable bonds is 9. The minimum absolute atomic E-state index is 0.145. The number of aryl methyl sites for hydroxylation is 1. The van der Waals surface area contributed by atoms with E-state index in [1.807, 2.05) is 0 Å². The summed E-state index contributed by atoms with van der Waals surface area (Å²) >= 11 is 0. The van der Waals surface area contributed by atoms with Crippen LogP contribution in [0.25, 0.3) is 11.2 Å². The predicted molar refractivity (Wildman–Crippen MR) is 155 cm³/mol. The van der Waals surface area contributed by atoms with Gasteiger partial charge >= 0.3 is 0 Å². The van der Waals surface area contributed by atoms with Gasteiger partial charge in [-0.3, -0.25) is 0 Å². The van der Waals surface area contributed by atoms with E-state index < -0.39 is 0 Å². The van der Waals surface area contributed by atoms with E-state index in [9.17, 15) is 0 Å². The molecule has 2 aromatic rings. The van der Waals surface area contributed by atoms with Gasteiger partial charge in [0.15, 0.2) is 0 Å². The molecule has 1 atom stereocenters. The van der Waals surface area contributed by atoms with Crippen LogP contribution in [0.5, 0.6) is 0 Å². The molecule has 5 heteroatoms. The van der Waals surface area contributed by atoms with Crippen LogP contribution in [-0.2, 0) is 0 Å². The zero-order chi connectivity index (χ0) is 26.8. The SMILES string of the molecule is C=C(NC/C(C)=C(\C)C=C(C)C)c1c(C)c(C(C)C2CCN(CC(C)(C)N)CC2)n2nc(C)ccc12.